The van der Waals surface area contributed by atoms with Crippen molar-refractivity contribution < 1.29 is 82.5 Å². The van der Waals surface area contributed by atoms with Crippen LogP contribution in [0.2, 0.25) is 0 Å². The van der Waals surface area contributed by atoms with E-state index in [4.69, 9.17) is 14.2 Å². The van der Waals surface area contributed by atoms with Crippen molar-refractivity contribution in [3.8, 4) is 0 Å². The molecule has 0 aliphatic carbocycles. The number of carboxylic acids is 1. The number of carboxylic acid groups (broad SMARTS) is 1. The molecule has 2 heterocycles. The normalized spacial score (nSPS) is 21.2. The number of carbonyl (C=O) groups is 1. The van der Waals surface area contributed by atoms with Gasteiger partial charge in [0, 0.05) is 59.1 Å². The maximum atomic E-state index is 12.5. The van der Waals surface area contributed by atoms with Crippen LogP contribution in [0.15, 0.2) is 12.1 Å². The Hall–Kier alpha value is -1.29. The van der Waals surface area contributed by atoms with Crippen LogP contribution in [-0.2, 0) is 41.0 Å². The highest BCUT2D eigenvalue weighted by Crippen LogP contribution is 2.54. The van der Waals surface area contributed by atoms with Crippen LogP contribution in [0.3, 0.4) is 0 Å². The summed E-state index contributed by atoms with van der Waals surface area (Å²) in [5.74, 6) is -1.57. The predicted octanol–water partition coefficient (Wildman–Crippen LogP) is -1.85. The highest BCUT2D eigenvalue weighted by atomic mass is 31.2. The summed E-state index contributed by atoms with van der Waals surface area (Å²) in [4.78, 5) is 78.4. The van der Waals surface area contributed by atoms with Gasteiger partial charge in [-0.25, -0.2) is 19.5 Å². The van der Waals surface area contributed by atoms with Gasteiger partial charge in [0.05, 0.1) is 17.0 Å². The van der Waals surface area contributed by atoms with E-state index in [1.165, 1.54) is 20.8 Å². The molecule has 10 N–H and O–H groups in total. The number of pyridine rings is 1. The average Bonchev–Trinajstić information content (AvgIpc) is 2.89. The molecule has 2 rings (SSSR count). The van der Waals surface area contributed by atoms with Crippen molar-refractivity contribution in [2.24, 2.45) is 0 Å². The summed E-state index contributed by atoms with van der Waals surface area (Å²) in [6.45, 7) is -2.43. The second-order valence-electron chi connectivity index (χ2n) is 9.58. The van der Waals surface area contributed by atoms with Crippen molar-refractivity contribution in [2.75, 3.05) is 46.0 Å². The van der Waals surface area contributed by atoms with Crippen LogP contribution in [0, 0.1) is 0 Å². The molecule has 0 fully saturated rings. The highest BCUT2D eigenvalue weighted by Gasteiger charge is 2.57. The molecular formula is C21H39N4O17P3. The minimum atomic E-state index is -5.70. The van der Waals surface area contributed by atoms with Gasteiger partial charge in [0.25, 0.3) is 0 Å². The summed E-state index contributed by atoms with van der Waals surface area (Å²) in [6.07, 6.45) is 0. The Kier molecular flexibility index (Phi) is 13.2. The third-order valence-corrected chi connectivity index (χ3v) is 10.1. The number of fused-ring (bicyclic) bond motifs is 2. The fourth-order valence-electron chi connectivity index (χ4n) is 4.53. The minimum Gasteiger partial charge on any atom is -0.478 e. The zero-order valence-corrected chi connectivity index (χ0v) is 27.2. The summed E-state index contributed by atoms with van der Waals surface area (Å²) < 4.78 is 52.6. The van der Waals surface area contributed by atoms with E-state index < -0.39 is 116 Å². The molecule has 2 bridgehead atoms. The van der Waals surface area contributed by atoms with E-state index in [1.807, 2.05) is 0 Å². The smallest absolute Gasteiger partial charge is 0.401 e. The number of aromatic carboxylic acids is 1. The van der Waals surface area contributed by atoms with Crippen molar-refractivity contribution in [3.63, 3.8) is 0 Å². The van der Waals surface area contributed by atoms with Gasteiger partial charge < -0.3 is 64.0 Å². The number of rotatable bonds is 13. The lowest BCUT2D eigenvalue weighted by Gasteiger charge is -2.44. The first-order valence-electron chi connectivity index (χ1n) is 13.3. The van der Waals surface area contributed by atoms with Crippen molar-refractivity contribution >= 4 is 28.8 Å². The van der Waals surface area contributed by atoms with Crippen LogP contribution in [-0.4, -0.2) is 138 Å². The van der Waals surface area contributed by atoms with E-state index in [0.717, 1.165) is 12.1 Å². The molecular weight excluding hydrogens is 673 g/mol. The number of ether oxygens (including phenoxy) is 3. The third-order valence-electron chi connectivity index (χ3n) is 6.62. The number of hydrogen-bond donors (Lipinski definition) is 10. The quantitative estimate of drug-likeness (QED) is 0.0793. The Bertz CT molecular complexity index is 1340. The molecule has 0 spiro atoms. The Morgan fingerprint density at radius 2 is 1.07 bits per heavy atom. The van der Waals surface area contributed by atoms with E-state index in [9.17, 15) is 68.3 Å². The lowest BCUT2D eigenvalue weighted by atomic mass is 10.1. The molecule has 0 amide bonds. The maximum absolute atomic E-state index is 12.5. The van der Waals surface area contributed by atoms with Crippen LogP contribution in [0.4, 0.5) is 0 Å². The van der Waals surface area contributed by atoms with Crippen LogP contribution >= 0.6 is 22.8 Å². The van der Waals surface area contributed by atoms with Gasteiger partial charge in [-0.1, -0.05) is 0 Å². The zero-order chi connectivity index (χ0) is 34.6. The monoisotopic (exact) mass is 712 g/mol. The lowest BCUT2D eigenvalue weighted by Crippen LogP contribution is -2.59. The van der Waals surface area contributed by atoms with E-state index in [0.29, 0.717) is 14.7 Å². The average molecular weight is 712 g/mol. The second kappa shape index (κ2) is 14.9. The SMILES string of the molecule is CCOC(O)(N1CCN(C(O)(OCC)P(=O)(O)O)Cc2ccc(C(=O)O)c(n2)CN(C(O)(OCC)P(=O)(O)O)CC1)P(=O)(O)O. The van der Waals surface area contributed by atoms with Gasteiger partial charge in [0.1, 0.15) is 0 Å². The summed E-state index contributed by atoms with van der Waals surface area (Å²) in [5, 5.41) is 43.2. The number of hydrogen-bond acceptors (Lipinski definition) is 14. The molecule has 0 radical (unpaired) electrons. The standard InChI is InChI=1S/C21H39N4O17P3/c1-4-40-19(28,43(31,32)33)23-9-11-24(20(29,41-5-2)44(34,35)36)13-15-7-8-16(18(26)27)17(22-15)14-25(12-10-23)21(30,42-6-3)45(37,38)39/h7-8,28-30H,4-6,9-14H2,1-3H3,(H,26,27)(H2,31,32,33)(H2,34,35,36)(H2,37,38,39). The Labute approximate surface area is 257 Å². The van der Waals surface area contributed by atoms with Crippen molar-refractivity contribution in [2.45, 2.75) is 50.8 Å². The molecule has 3 unspecified atom stereocenters. The molecule has 1 aliphatic heterocycles. The summed E-state index contributed by atoms with van der Waals surface area (Å²) >= 11 is 0. The molecule has 3 atom stereocenters. The molecule has 0 aromatic carbocycles. The lowest BCUT2D eigenvalue weighted by molar-refractivity contribution is -0.268. The van der Waals surface area contributed by atoms with Crippen LogP contribution in [0.25, 0.3) is 0 Å². The van der Waals surface area contributed by atoms with Gasteiger partial charge in [-0.3, -0.25) is 18.7 Å². The van der Waals surface area contributed by atoms with Crippen molar-refractivity contribution in [1.82, 2.24) is 19.7 Å². The molecule has 260 valence electrons. The largest absolute Gasteiger partial charge is 0.478 e. The molecule has 1 aliphatic rings. The van der Waals surface area contributed by atoms with Gasteiger partial charge in [-0.05, 0) is 32.9 Å². The van der Waals surface area contributed by atoms with E-state index in [-0.39, 0.29) is 5.69 Å². The first-order chi connectivity index (χ1) is 20.5. The van der Waals surface area contributed by atoms with Gasteiger partial charge in [-0.15, -0.1) is 0 Å². The predicted molar refractivity (Wildman–Crippen MR) is 149 cm³/mol. The Morgan fingerprint density at radius 1 is 0.711 bits per heavy atom. The van der Waals surface area contributed by atoms with Crippen molar-refractivity contribution in [3.05, 3.63) is 29.1 Å². The second-order valence-corrected chi connectivity index (χ2v) is 14.6. The van der Waals surface area contributed by atoms with E-state index in [2.05, 4.69) is 4.98 Å². The number of aliphatic hydroxyl groups is 3. The highest BCUT2D eigenvalue weighted by molar-refractivity contribution is 7.53. The fourth-order valence-corrected chi connectivity index (χ4v) is 7.07. The van der Waals surface area contributed by atoms with E-state index >= 15 is 0 Å². The van der Waals surface area contributed by atoms with Gasteiger partial charge in [0.2, 0.25) is 0 Å². The molecule has 24 heteroatoms. The van der Waals surface area contributed by atoms with Crippen LogP contribution in [0.5, 0.6) is 0 Å². The molecule has 45 heavy (non-hydrogen) atoms. The molecule has 0 saturated heterocycles. The fraction of sp³-hybridized carbons (Fsp3) is 0.714. The minimum absolute atomic E-state index is 0.181. The number of nitrogens with zero attached hydrogens (tertiary/aromatic N) is 4. The van der Waals surface area contributed by atoms with E-state index in [1.54, 1.807) is 0 Å². The topological polar surface area (TPSA) is 321 Å². The summed E-state index contributed by atoms with van der Waals surface area (Å²) in [7, 11) is -17.0. The first-order valence-corrected chi connectivity index (χ1v) is 18.1. The molecule has 0 saturated carbocycles. The zero-order valence-electron chi connectivity index (χ0n) is 24.5. The van der Waals surface area contributed by atoms with Crippen LogP contribution < -0.4 is 0 Å². The maximum Gasteiger partial charge on any atom is 0.401 e. The first kappa shape index (κ1) is 39.9. The molecule has 1 aromatic heterocycles. The van der Waals surface area contributed by atoms with Crippen LogP contribution in [0.1, 0.15) is 42.5 Å². The Balaban J connectivity index is 2.93. The van der Waals surface area contributed by atoms with Gasteiger partial charge in [-0.2, -0.15) is 0 Å². The summed E-state index contributed by atoms with van der Waals surface area (Å²) in [5.41, 5.74) is -11.4. The Morgan fingerprint density at radius 3 is 1.42 bits per heavy atom. The number of aromatic nitrogens is 1. The summed E-state index contributed by atoms with van der Waals surface area (Å²) in [6, 6.07) is 2.12. The van der Waals surface area contributed by atoms with Crippen molar-refractivity contribution in [1.29, 1.82) is 0 Å². The molecule has 21 nitrogen and oxygen atoms in total. The third kappa shape index (κ3) is 8.60. The molecule has 1 aromatic rings. The van der Waals surface area contributed by atoms with Gasteiger partial charge in [0.15, 0.2) is 0 Å². The van der Waals surface area contributed by atoms with Gasteiger partial charge >= 0.3 is 45.7 Å².